The van der Waals surface area contributed by atoms with Crippen molar-refractivity contribution in [2.24, 2.45) is 12.8 Å². The number of halogens is 1. The van der Waals surface area contributed by atoms with Gasteiger partial charge in [0.1, 0.15) is 0 Å². The molecule has 2 rings (SSSR count). The summed E-state index contributed by atoms with van der Waals surface area (Å²) in [6.45, 7) is 2.10. The minimum atomic E-state index is -0.0256. The number of aromatic nitrogens is 2. The topological polar surface area (TPSA) is 43.8 Å². The number of hydrogen-bond acceptors (Lipinski definition) is 2. The number of nitrogens with two attached hydrogens (primary N) is 1. The van der Waals surface area contributed by atoms with Crippen LogP contribution in [0.1, 0.15) is 29.9 Å². The van der Waals surface area contributed by atoms with Crippen molar-refractivity contribution in [3.63, 3.8) is 0 Å². The van der Waals surface area contributed by atoms with E-state index in [0.29, 0.717) is 0 Å². The van der Waals surface area contributed by atoms with Gasteiger partial charge in [-0.05, 0) is 30.2 Å². The highest BCUT2D eigenvalue weighted by Crippen LogP contribution is 2.19. The first-order valence-electron chi connectivity index (χ1n) is 6.13. The largest absolute Gasteiger partial charge is 0.324 e. The van der Waals surface area contributed by atoms with Gasteiger partial charge in [0.25, 0.3) is 0 Å². The molecule has 1 aromatic carbocycles. The van der Waals surface area contributed by atoms with Gasteiger partial charge in [0.2, 0.25) is 0 Å². The summed E-state index contributed by atoms with van der Waals surface area (Å²) in [7, 11) is 1.96. The fraction of sp³-hybridized carbons (Fsp3) is 0.357. The SMILES string of the molecule is CCc1cc(CC(N)c2ccc(Cl)cc2)n(C)n1. The van der Waals surface area contributed by atoms with Crippen molar-refractivity contribution in [3.05, 3.63) is 52.3 Å². The van der Waals surface area contributed by atoms with Crippen molar-refractivity contribution in [2.75, 3.05) is 0 Å². The number of benzene rings is 1. The molecule has 18 heavy (non-hydrogen) atoms. The van der Waals surface area contributed by atoms with Crippen molar-refractivity contribution >= 4 is 11.6 Å². The molecule has 0 spiro atoms. The second-order valence-electron chi connectivity index (χ2n) is 4.47. The van der Waals surface area contributed by atoms with Crippen molar-refractivity contribution in [1.29, 1.82) is 0 Å². The molecule has 0 aliphatic rings. The van der Waals surface area contributed by atoms with Gasteiger partial charge in [-0.3, -0.25) is 4.68 Å². The van der Waals surface area contributed by atoms with Crippen LogP contribution in [0.2, 0.25) is 5.02 Å². The predicted octanol–water partition coefficient (Wildman–Crippen LogP) is 2.88. The molecule has 96 valence electrons. The third kappa shape index (κ3) is 2.92. The van der Waals surface area contributed by atoms with E-state index in [1.165, 1.54) is 0 Å². The smallest absolute Gasteiger partial charge is 0.0624 e. The Kier molecular flexibility index (Phi) is 4.04. The van der Waals surface area contributed by atoms with Gasteiger partial charge >= 0.3 is 0 Å². The third-order valence-corrected chi connectivity index (χ3v) is 3.37. The normalized spacial score (nSPS) is 12.7. The number of nitrogens with zero attached hydrogens (tertiary/aromatic N) is 2. The van der Waals surface area contributed by atoms with Gasteiger partial charge in [-0.2, -0.15) is 5.10 Å². The Morgan fingerprint density at radius 2 is 2.00 bits per heavy atom. The summed E-state index contributed by atoms with van der Waals surface area (Å²) >= 11 is 5.87. The van der Waals surface area contributed by atoms with Gasteiger partial charge in [0.05, 0.1) is 5.69 Å². The molecule has 0 fully saturated rings. The van der Waals surface area contributed by atoms with Gasteiger partial charge in [-0.15, -0.1) is 0 Å². The van der Waals surface area contributed by atoms with Crippen LogP contribution < -0.4 is 5.73 Å². The minimum absolute atomic E-state index is 0.0256. The van der Waals surface area contributed by atoms with Gasteiger partial charge in [0.15, 0.2) is 0 Å². The summed E-state index contributed by atoms with van der Waals surface area (Å²) in [5, 5.41) is 5.17. The van der Waals surface area contributed by atoms with E-state index in [2.05, 4.69) is 18.1 Å². The maximum atomic E-state index is 6.21. The summed E-state index contributed by atoms with van der Waals surface area (Å²) < 4.78 is 1.91. The molecule has 1 aromatic heterocycles. The molecular weight excluding hydrogens is 246 g/mol. The quantitative estimate of drug-likeness (QED) is 0.922. The molecule has 2 aromatic rings. The molecule has 4 heteroatoms. The lowest BCUT2D eigenvalue weighted by Crippen LogP contribution is -2.15. The Morgan fingerprint density at radius 1 is 1.33 bits per heavy atom. The molecule has 3 nitrogen and oxygen atoms in total. The van der Waals surface area contributed by atoms with E-state index in [9.17, 15) is 0 Å². The first-order chi connectivity index (χ1) is 8.60. The molecule has 0 aliphatic carbocycles. The Bertz CT molecular complexity index is 516. The van der Waals surface area contributed by atoms with E-state index in [1.54, 1.807) is 0 Å². The zero-order chi connectivity index (χ0) is 13.1. The Balaban J connectivity index is 2.13. The van der Waals surface area contributed by atoms with Crippen LogP contribution in [0.3, 0.4) is 0 Å². The molecule has 1 atom stereocenters. The van der Waals surface area contributed by atoms with Crippen molar-refractivity contribution < 1.29 is 0 Å². The third-order valence-electron chi connectivity index (χ3n) is 3.12. The van der Waals surface area contributed by atoms with Gasteiger partial charge in [-0.1, -0.05) is 30.7 Å². The van der Waals surface area contributed by atoms with Crippen molar-refractivity contribution in [3.8, 4) is 0 Å². The second-order valence-corrected chi connectivity index (χ2v) is 4.90. The molecule has 0 amide bonds. The monoisotopic (exact) mass is 263 g/mol. The zero-order valence-corrected chi connectivity index (χ0v) is 11.5. The molecule has 0 aliphatic heterocycles. The van der Waals surface area contributed by atoms with Gasteiger partial charge in [0, 0.05) is 30.2 Å². The van der Waals surface area contributed by atoms with E-state index >= 15 is 0 Å². The lowest BCUT2D eigenvalue weighted by Gasteiger charge is -2.12. The highest BCUT2D eigenvalue weighted by Gasteiger charge is 2.11. The number of rotatable bonds is 4. The maximum absolute atomic E-state index is 6.21. The number of aryl methyl sites for hydroxylation is 2. The lowest BCUT2D eigenvalue weighted by molar-refractivity contribution is 0.638. The summed E-state index contributed by atoms with van der Waals surface area (Å²) in [5.74, 6) is 0. The second kappa shape index (κ2) is 5.55. The van der Waals surface area contributed by atoms with Crippen LogP contribution in [0.5, 0.6) is 0 Å². The van der Waals surface area contributed by atoms with Crippen LogP contribution >= 0.6 is 11.6 Å². The first-order valence-corrected chi connectivity index (χ1v) is 6.50. The fourth-order valence-corrected chi connectivity index (χ4v) is 2.11. The van der Waals surface area contributed by atoms with Crippen molar-refractivity contribution in [1.82, 2.24) is 9.78 Å². The molecule has 0 saturated heterocycles. The summed E-state index contributed by atoms with van der Waals surface area (Å²) in [5.41, 5.74) is 9.58. The summed E-state index contributed by atoms with van der Waals surface area (Å²) in [4.78, 5) is 0. The van der Waals surface area contributed by atoms with Crippen LogP contribution in [0.4, 0.5) is 0 Å². The molecule has 1 heterocycles. The molecule has 0 radical (unpaired) electrons. The highest BCUT2D eigenvalue weighted by atomic mass is 35.5. The Hall–Kier alpha value is -1.32. The Labute approximate surface area is 113 Å². The molecule has 2 N–H and O–H groups in total. The zero-order valence-electron chi connectivity index (χ0n) is 10.7. The van der Waals surface area contributed by atoms with Crippen LogP contribution in [-0.4, -0.2) is 9.78 Å². The van der Waals surface area contributed by atoms with Crippen LogP contribution in [0.15, 0.2) is 30.3 Å². The van der Waals surface area contributed by atoms with Crippen LogP contribution in [0.25, 0.3) is 0 Å². The van der Waals surface area contributed by atoms with E-state index in [-0.39, 0.29) is 6.04 Å². The summed E-state index contributed by atoms with van der Waals surface area (Å²) in [6, 6.07) is 9.79. The Morgan fingerprint density at radius 3 is 2.56 bits per heavy atom. The minimum Gasteiger partial charge on any atom is -0.324 e. The predicted molar refractivity (Wildman–Crippen MR) is 74.7 cm³/mol. The van der Waals surface area contributed by atoms with Crippen molar-refractivity contribution in [2.45, 2.75) is 25.8 Å². The standard InChI is InChI=1S/C14H18ClN3/c1-3-12-8-13(18(2)17-12)9-14(16)10-4-6-11(15)7-5-10/h4-8,14H,3,9,16H2,1-2H3. The van der Waals surface area contributed by atoms with E-state index < -0.39 is 0 Å². The first kappa shape index (κ1) is 13.1. The molecular formula is C14H18ClN3. The van der Waals surface area contributed by atoms with Gasteiger partial charge in [-0.25, -0.2) is 0 Å². The molecule has 1 unspecified atom stereocenters. The van der Waals surface area contributed by atoms with E-state index in [0.717, 1.165) is 34.8 Å². The lowest BCUT2D eigenvalue weighted by atomic mass is 10.0. The maximum Gasteiger partial charge on any atom is 0.0624 e. The number of hydrogen-bond donors (Lipinski definition) is 1. The highest BCUT2D eigenvalue weighted by molar-refractivity contribution is 6.30. The average Bonchev–Trinajstić information content (AvgIpc) is 2.71. The average molecular weight is 264 g/mol. The van der Waals surface area contributed by atoms with Crippen LogP contribution in [0, 0.1) is 0 Å². The van der Waals surface area contributed by atoms with Gasteiger partial charge < -0.3 is 5.73 Å². The fourth-order valence-electron chi connectivity index (χ4n) is 1.99. The summed E-state index contributed by atoms with van der Waals surface area (Å²) in [6.07, 6.45) is 1.73. The van der Waals surface area contributed by atoms with E-state index in [4.69, 9.17) is 17.3 Å². The molecule has 0 saturated carbocycles. The van der Waals surface area contributed by atoms with Crippen LogP contribution in [-0.2, 0) is 19.9 Å². The van der Waals surface area contributed by atoms with E-state index in [1.807, 2.05) is 36.0 Å². The molecule has 0 bridgehead atoms.